The van der Waals surface area contributed by atoms with E-state index in [0.717, 1.165) is 5.56 Å². The molecule has 0 radical (unpaired) electrons. The van der Waals surface area contributed by atoms with E-state index < -0.39 is 0 Å². The number of imide groups is 1. The minimum Gasteiger partial charge on any atom is -0.294 e. The third-order valence-corrected chi connectivity index (χ3v) is 3.34. The molecule has 18 heavy (non-hydrogen) atoms. The lowest BCUT2D eigenvalue weighted by atomic mass is 10.1. The van der Waals surface area contributed by atoms with Crippen LogP contribution >= 0.6 is 23.2 Å². The number of halogens is 2. The number of rotatable bonds is 2. The highest BCUT2D eigenvalue weighted by Gasteiger charge is 2.30. The zero-order valence-electron chi connectivity index (χ0n) is 9.61. The normalized spacial score (nSPS) is 20.9. The van der Waals surface area contributed by atoms with Gasteiger partial charge in [-0.3, -0.25) is 19.8 Å². The first-order valence-corrected chi connectivity index (χ1v) is 6.11. The van der Waals surface area contributed by atoms with Crippen molar-refractivity contribution in [2.45, 2.75) is 19.5 Å². The molecule has 1 aromatic heterocycles. The standard InChI is InChI=1S/C11H11Cl2N3O2/c1-6-11(18)15-9(17)5-16(6)4-7-2-3-8(12)14-10(7)13/h2-3,6H,4-5H2,1H3,(H,15,17,18). The summed E-state index contributed by atoms with van der Waals surface area (Å²) in [5.74, 6) is -0.611. The van der Waals surface area contributed by atoms with E-state index in [0.29, 0.717) is 11.7 Å². The Kier molecular flexibility index (Phi) is 3.85. The summed E-state index contributed by atoms with van der Waals surface area (Å²) in [6.07, 6.45) is 0. The molecule has 1 aromatic rings. The number of nitrogens with one attached hydrogen (secondary N) is 1. The Labute approximate surface area is 114 Å². The largest absolute Gasteiger partial charge is 0.294 e. The van der Waals surface area contributed by atoms with Crippen molar-refractivity contribution >= 4 is 35.0 Å². The first-order valence-electron chi connectivity index (χ1n) is 5.36. The summed E-state index contributed by atoms with van der Waals surface area (Å²) < 4.78 is 0. The number of piperazine rings is 1. The summed E-state index contributed by atoms with van der Waals surface area (Å²) in [6.45, 7) is 2.27. The average Bonchev–Trinajstić information content (AvgIpc) is 2.29. The second kappa shape index (κ2) is 5.22. The number of hydrogen-bond acceptors (Lipinski definition) is 4. The van der Waals surface area contributed by atoms with Crippen LogP contribution in [0.4, 0.5) is 0 Å². The van der Waals surface area contributed by atoms with Crippen LogP contribution in [0.1, 0.15) is 12.5 Å². The van der Waals surface area contributed by atoms with Gasteiger partial charge in [-0.15, -0.1) is 0 Å². The Balaban J connectivity index is 2.17. The molecular weight excluding hydrogens is 277 g/mol. The molecule has 2 amide bonds. The zero-order chi connectivity index (χ0) is 13.3. The van der Waals surface area contributed by atoms with Crippen molar-refractivity contribution in [2.24, 2.45) is 0 Å². The predicted octanol–water partition coefficient (Wildman–Crippen LogP) is 1.24. The van der Waals surface area contributed by atoms with Crippen LogP contribution in [-0.2, 0) is 16.1 Å². The van der Waals surface area contributed by atoms with Crippen LogP contribution < -0.4 is 5.32 Å². The van der Waals surface area contributed by atoms with Crippen molar-refractivity contribution < 1.29 is 9.59 Å². The molecule has 0 spiro atoms. The number of amides is 2. The minimum absolute atomic E-state index is 0.159. The molecule has 1 aliphatic heterocycles. The molecule has 7 heteroatoms. The Morgan fingerprint density at radius 1 is 1.44 bits per heavy atom. The molecule has 1 N–H and O–H groups in total. The number of carbonyl (C=O) groups is 2. The first kappa shape index (κ1) is 13.3. The number of nitrogens with zero attached hydrogens (tertiary/aromatic N) is 2. The highest BCUT2D eigenvalue weighted by molar-refractivity contribution is 6.32. The van der Waals surface area contributed by atoms with Crippen LogP contribution in [0.2, 0.25) is 10.3 Å². The van der Waals surface area contributed by atoms with Gasteiger partial charge in [0, 0.05) is 12.1 Å². The van der Waals surface area contributed by atoms with Crippen molar-refractivity contribution in [1.82, 2.24) is 15.2 Å². The molecule has 1 atom stereocenters. The second-order valence-electron chi connectivity index (χ2n) is 4.08. The van der Waals surface area contributed by atoms with Crippen LogP contribution in [0, 0.1) is 0 Å². The van der Waals surface area contributed by atoms with Gasteiger partial charge in [0.25, 0.3) is 0 Å². The first-order chi connectivity index (χ1) is 8.47. The van der Waals surface area contributed by atoms with Gasteiger partial charge in [-0.2, -0.15) is 0 Å². The molecule has 0 aliphatic carbocycles. The molecular formula is C11H11Cl2N3O2. The maximum absolute atomic E-state index is 11.5. The van der Waals surface area contributed by atoms with Crippen molar-refractivity contribution in [3.05, 3.63) is 28.0 Å². The number of hydrogen-bond donors (Lipinski definition) is 1. The van der Waals surface area contributed by atoms with Crippen LogP contribution in [0.25, 0.3) is 0 Å². The number of pyridine rings is 1. The van der Waals surface area contributed by atoms with Gasteiger partial charge in [0.05, 0.1) is 12.6 Å². The Bertz CT molecular complexity index is 507. The smallest absolute Gasteiger partial charge is 0.243 e. The summed E-state index contributed by atoms with van der Waals surface area (Å²) in [4.78, 5) is 28.5. The molecule has 5 nitrogen and oxygen atoms in total. The lowest BCUT2D eigenvalue weighted by Crippen LogP contribution is -2.56. The summed E-state index contributed by atoms with van der Waals surface area (Å²) in [7, 11) is 0. The fourth-order valence-electron chi connectivity index (χ4n) is 1.74. The van der Waals surface area contributed by atoms with Crippen LogP contribution in [0.15, 0.2) is 12.1 Å². The molecule has 1 fully saturated rings. The SMILES string of the molecule is CC1C(=O)NC(=O)CN1Cc1ccc(Cl)nc1Cl. The van der Waals surface area contributed by atoms with E-state index in [-0.39, 0.29) is 29.6 Å². The molecule has 0 saturated carbocycles. The van der Waals surface area contributed by atoms with Gasteiger partial charge in [0.2, 0.25) is 11.8 Å². The quantitative estimate of drug-likeness (QED) is 0.657. The van der Waals surface area contributed by atoms with Gasteiger partial charge in [0.15, 0.2) is 0 Å². The third kappa shape index (κ3) is 2.80. The van der Waals surface area contributed by atoms with E-state index in [2.05, 4.69) is 10.3 Å². The van der Waals surface area contributed by atoms with E-state index >= 15 is 0 Å². The van der Waals surface area contributed by atoms with Crippen molar-refractivity contribution in [3.8, 4) is 0 Å². The van der Waals surface area contributed by atoms with E-state index in [1.807, 2.05) is 0 Å². The molecule has 1 unspecified atom stereocenters. The van der Waals surface area contributed by atoms with E-state index in [1.54, 1.807) is 24.0 Å². The third-order valence-electron chi connectivity index (χ3n) is 2.80. The zero-order valence-corrected chi connectivity index (χ0v) is 11.1. The molecule has 2 rings (SSSR count). The maximum atomic E-state index is 11.5. The van der Waals surface area contributed by atoms with Gasteiger partial charge < -0.3 is 0 Å². The molecule has 2 heterocycles. The maximum Gasteiger partial charge on any atom is 0.243 e. The van der Waals surface area contributed by atoms with Crippen LogP contribution in [0.5, 0.6) is 0 Å². The molecule has 1 aliphatic rings. The van der Waals surface area contributed by atoms with E-state index in [1.165, 1.54) is 0 Å². The Hall–Kier alpha value is -1.17. The van der Waals surface area contributed by atoms with Crippen molar-refractivity contribution in [2.75, 3.05) is 6.54 Å². The Morgan fingerprint density at radius 3 is 2.83 bits per heavy atom. The predicted molar refractivity (Wildman–Crippen MR) is 67.3 cm³/mol. The monoisotopic (exact) mass is 287 g/mol. The van der Waals surface area contributed by atoms with E-state index in [4.69, 9.17) is 23.2 Å². The minimum atomic E-state index is -0.380. The fraction of sp³-hybridized carbons (Fsp3) is 0.364. The van der Waals surface area contributed by atoms with Crippen LogP contribution in [0.3, 0.4) is 0 Å². The highest BCUT2D eigenvalue weighted by atomic mass is 35.5. The summed E-state index contributed by atoms with van der Waals surface area (Å²) in [5.41, 5.74) is 0.732. The van der Waals surface area contributed by atoms with Gasteiger partial charge in [-0.25, -0.2) is 4.98 Å². The highest BCUT2D eigenvalue weighted by Crippen LogP contribution is 2.20. The molecule has 1 saturated heterocycles. The average molecular weight is 288 g/mol. The van der Waals surface area contributed by atoms with Crippen molar-refractivity contribution in [1.29, 1.82) is 0 Å². The molecule has 0 bridgehead atoms. The molecule has 96 valence electrons. The van der Waals surface area contributed by atoms with E-state index in [9.17, 15) is 9.59 Å². The Morgan fingerprint density at radius 2 is 2.17 bits per heavy atom. The van der Waals surface area contributed by atoms with Gasteiger partial charge in [-0.1, -0.05) is 29.3 Å². The second-order valence-corrected chi connectivity index (χ2v) is 4.82. The molecule has 0 aromatic carbocycles. The van der Waals surface area contributed by atoms with Gasteiger partial charge >= 0.3 is 0 Å². The van der Waals surface area contributed by atoms with Crippen LogP contribution in [-0.4, -0.2) is 34.3 Å². The van der Waals surface area contributed by atoms with Crippen molar-refractivity contribution in [3.63, 3.8) is 0 Å². The van der Waals surface area contributed by atoms with Gasteiger partial charge in [-0.05, 0) is 13.0 Å². The number of aromatic nitrogens is 1. The summed E-state index contributed by atoms with van der Waals surface area (Å²) in [5, 5.41) is 2.87. The number of carbonyl (C=O) groups excluding carboxylic acids is 2. The lowest BCUT2D eigenvalue weighted by molar-refractivity contribution is -0.139. The summed E-state index contributed by atoms with van der Waals surface area (Å²) in [6, 6.07) is 2.98. The fourth-order valence-corrected chi connectivity index (χ4v) is 2.14. The van der Waals surface area contributed by atoms with Gasteiger partial charge in [0.1, 0.15) is 10.3 Å². The topological polar surface area (TPSA) is 62.3 Å². The summed E-state index contributed by atoms with van der Waals surface area (Å²) >= 11 is 11.7. The lowest BCUT2D eigenvalue weighted by Gasteiger charge is -2.31.